The van der Waals surface area contributed by atoms with Crippen molar-refractivity contribution in [2.24, 2.45) is 11.8 Å². The minimum atomic E-state index is -0.349. The van der Waals surface area contributed by atoms with Crippen LogP contribution in [0.3, 0.4) is 0 Å². The second kappa shape index (κ2) is 8.55. The van der Waals surface area contributed by atoms with Crippen molar-refractivity contribution in [1.29, 1.82) is 0 Å². The van der Waals surface area contributed by atoms with E-state index in [2.05, 4.69) is 20.8 Å². The zero-order valence-electron chi connectivity index (χ0n) is 13.2. The molecule has 0 aromatic rings. The molecule has 2 heteroatoms. The summed E-state index contributed by atoms with van der Waals surface area (Å²) in [4.78, 5) is 11.6. The number of hydrogen-bond acceptors (Lipinski definition) is 2. The van der Waals surface area contributed by atoms with E-state index in [4.69, 9.17) is 4.74 Å². The Bertz CT molecular complexity index is 226. The number of hydrogen-bond donors (Lipinski definition) is 0. The molecule has 0 aromatic carbocycles. The summed E-state index contributed by atoms with van der Waals surface area (Å²) in [5, 5.41) is 0. The zero-order chi connectivity index (χ0) is 14.2. The van der Waals surface area contributed by atoms with Crippen LogP contribution in [0.2, 0.25) is 0 Å². The van der Waals surface area contributed by atoms with Crippen LogP contribution < -0.4 is 0 Å². The summed E-state index contributed by atoms with van der Waals surface area (Å²) in [7, 11) is 0. The Morgan fingerprint density at radius 2 is 1.78 bits per heavy atom. The van der Waals surface area contributed by atoms with Gasteiger partial charge in [-0.25, -0.2) is 0 Å². The number of esters is 1. The molecule has 0 spiro atoms. The highest BCUT2D eigenvalue weighted by molar-refractivity contribution is 5.69. The van der Waals surface area contributed by atoms with E-state index in [9.17, 15) is 4.79 Å². The Hall–Kier alpha value is -0.530. The van der Waals surface area contributed by atoms with Crippen LogP contribution in [-0.4, -0.2) is 11.6 Å². The van der Waals surface area contributed by atoms with Crippen LogP contribution in [0.15, 0.2) is 0 Å². The fourth-order valence-corrected chi connectivity index (χ4v) is 2.38. The van der Waals surface area contributed by atoms with Crippen LogP contribution >= 0.6 is 0 Å². The summed E-state index contributed by atoms with van der Waals surface area (Å²) in [5.41, 5.74) is -0.349. The monoisotopic (exact) mass is 256 g/mol. The molecule has 0 saturated carbocycles. The fraction of sp³-hybridized carbons (Fsp3) is 0.938. The van der Waals surface area contributed by atoms with E-state index >= 15 is 0 Å². The Kier molecular flexibility index (Phi) is 8.30. The van der Waals surface area contributed by atoms with Crippen LogP contribution in [0.5, 0.6) is 0 Å². The lowest BCUT2D eigenvalue weighted by Crippen LogP contribution is -2.23. The smallest absolute Gasteiger partial charge is 0.306 e. The molecule has 0 radical (unpaired) electrons. The Labute approximate surface area is 113 Å². The van der Waals surface area contributed by atoms with Gasteiger partial charge in [-0.2, -0.15) is 0 Å². The van der Waals surface area contributed by atoms with Gasteiger partial charge in [0.05, 0.1) is 0 Å². The summed E-state index contributed by atoms with van der Waals surface area (Å²) in [5.74, 6) is 1.47. The van der Waals surface area contributed by atoms with Crippen molar-refractivity contribution in [3.05, 3.63) is 0 Å². The average Bonchev–Trinajstić information content (AvgIpc) is 2.13. The summed E-state index contributed by atoms with van der Waals surface area (Å²) >= 11 is 0. The highest BCUT2D eigenvalue weighted by Gasteiger charge is 2.16. The molecule has 0 bridgehead atoms. The third-order valence-electron chi connectivity index (χ3n) is 2.91. The predicted octanol–water partition coefficient (Wildman–Crippen LogP) is 4.96. The highest BCUT2D eigenvalue weighted by Crippen LogP contribution is 2.23. The average molecular weight is 256 g/mol. The summed E-state index contributed by atoms with van der Waals surface area (Å²) < 4.78 is 5.32. The van der Waals surface area contributed by atoms with E-state index in [1.165, 1.54) is 19.3 Å². The first kappa shape index (κ1) is 17.5. The minimum absolute atomic E-state index is 0.0534. The van der Waals surface area contributed by atoms with Crippen molar-refractivity contribution < 1.29 is 9.53 Å². The molecule has 0 aliphatic carbocycles. The molecular weight excluding hydrogens is 224 g/mol. The maximum Gasteiger partial charge on any atom is 0.306 e. The van der Waals surface area contributed by atoms with Gasteiger partial charge in [0, 0.05) is 6.42 Å². The number of ether oxygens (including phenoxy) is 1. The molecule has 0 heterocycles. The van der Waals surface area contributed by atoms with Crippen LogP contribution in [0.4, 0.5) is 0 Å². The zero-order valence-corrected chi connectivity index (χ0v) is 13.2. The number of rotatable bonds is 8. The topological polar surface area (TPSA) is 26.3 Å². The standard InChI is InChI=1S/C16H32O2/c1-7-9-14(12-13(2)3)10-8-11-15(17)18-16(4,5)6/h13-14H,7-12H2,1-6H3. The molecule has 1 unspecified atom stereocenters. The first-order valence-electron chi connectivity index (χ1n) is 7.46. The predicted molar refractivity (Wildman–Crippen MR) is 77.5 cm³/mol. The first-order chi connectivity index (χ1) is 8.24. The maximum absolute atomic E-state index is 11.6. The second-order valence-electron chi connectivity index (χ2n) is 6.76. The number of carbonyl (C=O) groups excluding carboxylic acids is 1. The molecule has 0 aliphatic heterocycles. The van der Waals surface area contributed by atoms with Crippen molar-refractivity contribution in [1.82, 2.24) is 0 Å². The molecule has 0 fully saturated rings. The Balaban J connectivity index is 3.88. The normalized spacial score (nSPS) is 13.7. The van der Waals surface area contributed by atoms with Crippen molar-refractivity contribution in [2.45, 2.75) is 85.7 Å². The van der Waals surface area contributed by atoms with E-state index in [0.717, 1.165) is 24.7 Å². The molecule has 0 amide bonds. The second-order valence-corrected chi connectivity index (χ2v) is 6.76. The van der Waals surface area contributed by atoms with Gasteiger partial charge in [-0.15, -0.1) is 0 Å². The van der Waals surface area contributed by atoms with Gasteiger partial charge in [0.2, 0.25) is 0 Å². The van der Waals surface area contributed by atoms with Gasteiger partial charge in [0.1, 0.15) is 5.60 Å². The first-order valence-corrected chi connectivity index (χ1v) is 7.46. The van der Waals surface area contributed by atoms with Gasteiger partial charge in [0.15, 0.2) is 0 Å². The molecule has 2 nitrogen and oxygen atoms in total. The minimum Gasteiger partial charge on any atom is -0.460 e. The summed E-state index contributed by atoms with van der Waals surface area (Å²) in [6.07, 6.45) is 6.49. The Morgan fingerprint density at radius 1 is 1.17 bits per heavy atom. The molecular formula is C16H32O2. The molecule has 0 N–H and O–H groups in total. The fourth-order valence-electron chi connectivity index (χ4n) is 2.38. The SMILES string of the molecule is CCCC(CCCC(=O)OC(C)(C)C)CC(C)C. The van der Waals surface area contributed by atoms with E-state index in [1.807, 2.05) is 20.8 Å². The molecule has 0 saturated heterocycles. The molecule has 1 atom stereocenters. The van der Waals surface area contributed by atoms with Crippen LogP contribution in [-0.2, 0) is 9.53 Å². The van der Waals surface area contributed by atoms with Gasteiger partial charge >= 0.3 is 5.97 Å². The van der Waals surface area contributed by atoms with Crippen molar-refractivity contribution >= 4 is 5.97 Å². The molecule has 0 aromatic heterocycles. The van der Waals surface area contributed by atoms with Crippen molar-refractivity contribution in [3.63, 3.8) is 0 Å². The Morgan fingerprint density at radius 3 is 2.22 bits per heavy atom. The van der Waals surface area contributed by atoms with Gasteiger partial charge in [-0.05, 0) is 51.9 Å². The van der Waals surface area contributed by atoms with Crippen LogP contribution in [0.25, 0.3) is 0 Å². The van der Waals surface area contributed by atoms with E-state index in [0.29, 0.717) is 6.42 Å². The lowest BCUT2D eigenvalue weighted by molar-refractivity contribution is -0.154. The van der Waals surface area contributed by atoms with Crippen LogP contribution in [0.1, 0.15) is 80.1 Å². The largest absolute Gasteiger partial charge is 0.460 e. The quantitative estimate of drug-likeness (QED) is 0.574. The number of carbonyl (C=O) groups is 1. The molecule has 108 valence electrons. The lowest BCUT2D eigenvalue weighted by Gasteiger charge is -2.21. The van der Waals surface area contributed by atoms with Crippen molar-refractivity contribution in [3.8, 4) is 0 Å². The maximum atomic E-state index is 11.6. The van der Waals surface area contributed by atoms with Gasteiger partial charge in [-0.3, -0.25) is 4.79 Å². The van der Waals surface area contributed by atoms with E-state index < -0.39 is 0 Å². The third-order valence-corrected chi connectivity index (χ3v) is 2.91. The molecule has 0 aliphatic rings. The van der Waals surface area contributed by atoms with E-state index in [1.54, 1.807) is 0 Å². The summed E-state index contributed by atoms with van der Waals surface area (Å²) in [6.45, 7) is 12.5. The van der Waals surface area contributed by atoms with Crippen LogP contribution in [0, 0.1) is 11.8 Å². The van der Waals surface area contributed by atoms with Gasteiger partial charge < -0.3 is 4.74 Å². The van der Waals surface area contributed by atoms with E-state index in [-0.39, 0.29) is 11.6 Å². The highest BCUT2D eigenvalue weighted by atomic mass is 16.6. The third kappa shape index (κ3) is 10.6. The van der Waals surface area contributed by atoms with Gasteiger partial charge in [0.25, 0.3) is 0 Å². The summed E-state index contributed by atoms with van der Waals surface area (Å²) in [6, 6.07) is 0. The molecule has 0 rings (SSSR count). The van der Waals surface area contributed by atoms with Gasteiger partial charge in [-0.1, -0.05) is 33.6 Å². The lowest BCUT2D eigenvalue weighted by atomic mass is 9.89. The molecule has 18 heavy (non-hydrogen) atoms. The van der Waals surface area contributed by atoms with Crippen molar-refractivity contribution in [2.75, 3.05) is 0 Å².